The normalized spacial score (nSPS) is 29.4. The first kappa shape index (κ1) is 16.8. The summed E-state index contributed by atoms with van der Waals surface area (Å²) in [4.78, 5) is 17.1. The Labute approximate surface area is 149 Å². The summed E-state index contributed by atoms with van der Waals surface area (Å²) in [5.74, 6) is 1.44. The Kier molecular flexibility index (Phi) is 5.17. The molecule has 0 bridgehead atoms. The quantitative estimate of drug-likeness (QED) is 0.761. The molecule has 136 valence electrons. The van der Waals surface area contributed by atoms with Crippen LogP contribution in [0.2, 0.25) is 0 Å². The number of fused-ring (bicyclic) bond motifs is 1. The van der Waals surface area contributed by atoms with Crippen molar-refractivity contribution in [2.75, 3.05) is 6.54 Å². The number of hydrazine groups is 1. The summed E-state index contributed by atoms with van der Waals surface area (Å²) >= 11 is 0. The summed E-state index contributed by atoms with van der Waals surface area (Å²) in [6, 6.07) is 4.16. The van der Waals surface area contributed by atoms with Gasteiger partial charge in [-0.3, -0.25) is 15.6 Å². The monoisotopic (exact) mass is 344 g/mol. The zero-order chi connectivity index (χ0) is 17.1. The van der Waals surface area contributed by atoms with E-state index in [9.17, 15) is 4.79 Å². The van der Waals surface area contributed by atoms with Crippen molar-refractivity contribution < 1.29 is 9.53 Å². The van der Waals surface area contributed by atoms with Crippen molar-refractivity contribution in [3.05, 3.63) is 23.9 Å². The van der Waals surface area contributed by atoms with Crippen molar-refractivity contribution in [2.24, 2.45) is 11.8 Å². The van der Waals surface area contributed by atoms with Crippen LogP contribution in [-0.2, 0) is 11.3 Å². The molecule has 1 aromatic rings. The second-order valence-corrected chi connectivity index (χ2v) is 7.56. The van der Waals surface area contributed by atoms with Crippen LogP contribution in [0.5, 0.6) is 5.88 Å². The Morgan fingerprint density at radius 1 is 1.24 bits per heavy atom. The van der Waals surface area contributed by atoms with E-state index in [2.05, 4.69) is 21.2 Å². The molecule has 1 aliphatic heterocycles. The third kappa shape index (κ3) is 3.80. The molecule has 1 saturated heterocycles. The van der Waals surface area contributed by atoms with Gasteiger partial charge in [0, 0.05) is 30.9 Å². The van der Waals surface area contributed by atoms with Crippen molar-refractivity contribution in [1.29, 1.82) is 0 Å². The second kappa shape index (κ2) is 7.70. The first-order valence-corrected chi connectivity index (χ1v) is 9.68. The van der Waals surface area contributed by atoms with Crippen molar-refractivity contribution in [3.8, 4) is 5.88 Å². The highest BCUT2D eigenvalue weighted by Gasteiger charge is 2.40. The number of rotatable bonds is 5. The molecule has 2 heterocycles. The van der Waals surface area contributed by atoms with Crippen LogP contribution in [-0.4, -0.2) is 29.6 Å². The lowest BCUT2D eigenvalue weighted by molar-refractivity contribution is -0.127. The molecule has 1 amide bonds. The predicted molar refractivity (Wildman–Crippen MR) is 94.7 cm³/mol. The molecular weight excluding hydrogens is 316 g/mol. The smallest absolute Gasteiger partial charge is 0.225 e. The van der Waals surface area contributed by atoms with E-state index < -0.39 is 0 Å². The lowest BCUT2D eigenvalue weighted by atomic mass is 9.77. The van der Waals surface area contributed by atoms with Gasteiger partial charge in [0.15, 0.2) is 0 Å². The summed E-state index contributed by atoms with van der Waals surface area (Å²) in [7, 11) is 0. The summed E-state index contributed by atoms with van der Waals surface area (Å²) in [6.45, 7) is 1.45. The number of carbonyl (C=O) groups is 1. The molecule has 0 radical (unpaired) electrons. The zero-order valence-electron chi connectivity index (χ0n) is 14.7. The standard InChI is InChI=1S/C19H28N4O2/c24-18(16-9-3-5-13-12-22-23-17(13)16)21-11-14-6-4-10-20-19(14)25-15-7-1-2-8-15/h4,6,10,13,15-17,22-23H,1-3,5,7-9,11-12H2,(H,21,24). The largest absolute Gasteiger partial charge is 0.474 e. The van der Waals surface area contributed by atoms with Gasteiger partial charge in [0.1, 0.15) is 6.10 Å². The van der Waals surface area contributed by atoms with Gasteiger partial charge < -0.3 is 10.1 Å². The van der Waals surface area contributed by atoms with E-state index in [1.165, 1.54) is 19.3 Å². The lowest BCUT2D eigenvalue weighted by Gasteiger charge is -2.31. The maximum Gasteiger partial charge on any atom is 0.225 e. The van der Waals surface area contributed by atoms with Crippen LogP contribution in [0, 0.1) is 11.8 Å². The summed E-state index contributed by atoms with van der Waals surface area (Å²) in [6.07, 6.45) is 10.00. The van der Waals surface area contributed by atoms with Gasteiger partial charge in [-0.05, 0) is 50.5 Å². The van der Waals surface area contributed by atoms with Crippen LogP contribution in [0.1, 0.15) is 50.5 Å². The van der Waals surface area contributed by atoms with E-state index in [4.69, 9.17) is 4.74 Å². The molecule has 0 spiro atoms. The molecule has 3 aliphatic rings. The van der Waals surface area contributed by atoms with E-state index in [1.54, 1.807) is 6.20 Å². The summed E-state index contributed by atoms with van der Waals surface area (Å²) < 4.78 is 6.07. The molecular formula is C19H28N4O2. The van der Waals surface area contributed by atoms with Gasteiger partial charge in [-0.15, -0.1) is 0 Å². The van der Waals surface area contributed by atoms with Gasteiger partial charge in [0.05, 0.1) is 5.92 Å². The average Bonchev–Trinajstić information content (AvgIpc) is 3.31. The molecule has 2 aliphatic carbocycles. The third-order valence-electron chi connectivity index (χ3n) is 5.88. The fourth-order valence-corrected chi connectivity index (χ4v) is 4.48. The van der Waals surface area contributed by atoms with E-state index in [-0.39, 0.29) is 24.0 Å². The highest BCUT2D eigenvalue weighted by Crippen LogP contribution is 2.31. The summed E-state index contributed by atoms with van der Waals surface area (Å²) in [5.41, 5.74) is 7.48. The topological polar surface area (TPSA) is 75.3 Å². The first-order chi connectivity index (χ1) is 12.3. The van der Waals surface area contributed by atoms with Gasteiger partial charge in [-0.25, -0.2) is 4.98 Å². The van der Waals surface area contributed by atoms with E-state index in [0.717, 1.165) is 37.8 Å². The number of nitrogens with zero attached hydrogens (tertiary/aromatic N) is 1. The molecule has 3 fully saturated rings. The van der Waals surface area contributed by atoms with Gasteiger partial charge in [0.2, 0.25) is 11.8 Å². The van der Waals surface area contributed by atoms with E-state index in [1.807, 2.05) is 12.1 Å². The molecule has 3 N–H and O–H groups in total. The molecule has 0 aromatic carbocycles. The Hall–Kier alpha value is -1.66. The first-order valence-electron chi connectivity index (χ1n) is 9.68. The predicted octanol–water partition coefficient (Wildman–Crippen LogP) is 1.91. The van der Waals surface area contributed by atoms with E-state index >= 15 is 0 Å². The Balaban J connectivity index is 1.36. The van der Waals surface area contributed by atoms with Gasteiger partial charge >= 0.3 is 0 Å². The number of carbonyl (C=O) groups excluding carboxylic acids is 1. The second-order valence-electron chi connectivity index (χ2n) is 7.56. The highest BCUT2D eigenvalue weighted by molar-refractivity contribution is 5.79. The fourth-order valence-electron chi connectivity index (χ4n) is 4.48. The SMILES string of the molecule is O=C(NCc1cccnc1OC1CCCC1)C1CCCC2CNNC21. The van der Waals surface area contributed by atoms with Crippen LogP contribution in [0.4, 0.5) is 0 Å². The van der Waals surface area contributed by atoms with Crippen LogP contribution in [0.25, 0.3) is 0 Å². The Morgan fingerprint density at radius 2 is 2.12 bits per heavy atom. The van der Waals surface area contributed by atoms with Gasteiger partial charge in [-0.2, -0.15) is 0 Å². The highest BCUT2D eigenvalue weighted by atomic mass is 16.5. The molecule has 25 heavy (non-hydrogen) atoms. The molecule has 4 rings (SSSR count). The maximum absolute atomic E-state index is 12.7. The van der Waals surface area contributed by atoms with Crippen molar-refractivity contribution >= 4 is 5.91 Å². The van der Waals surface area contributed by atoms with Crippen LogP contribution >= 0.6 is 0 Å². The number of amides is 1. The van der Waals surface area contributed by atoms with Crippen molar-refractivity contribution in [3.63, 3.8) is 0 Å². The summed E-state index contributed by atoms with van der Waals surface area (Å²) in [5, 5.41) is 3.12. The lowest BCUT2D eigenvalue weighted by Crippen LogP contribution is -2.47. The number of nitrogens with one attached hydrogen (secondary N) is 3. The molecule has 6 nitrogen and oxygen atoms in total. The minimum atomic E-state index is 0.0459. The molecule has 2 saturated carbocycles. The number of hydrogen-bond donors (Lipinski definition) is 3. The van der Waals surface area contributed by atoms with Gasteiger partial charge in [-0.1, -0.05) is 12.5 Å². The number of ether oxygens (including phenoxy) is 1. The molecule has 1 aromatic heterocycles. The molecule has 3 unspecified atom stereocenters. The van der Waals surface area contributed by atoms with Crippen LogP contribution in [0.15, 0.2) is 18.3 Å². The number of aromatic nitrogens is 1. The van der Waals surface area contributed by atoms with E-state index in [0.29, 0.717) is 18.3 Å². The Morgan fingerprint density at radius 3 is 3.00 bits per heavy atom. The number of pyridine rings is 1. The van der Waals surface area contributed by atoms with Crippen molar-refractivity contribution in [1.82, 2.24) is 21.2 Å². The zero-order valence-corrected chi connectivity index (χ0v) is 14.7. The Bertz CT molecular complexity index is 603. The minimum absolute atomic E-state index is 0.0459. The fraction of sp³-hybridized carbons (Fsp3) is 0.684. The number of hydrogen-bond acceptors (Lipinski definition) is 5. The van der Waals surface area contributed by atoms with Gasteiger partial charge in [0.25, 0.3) is 0 Å². The van der Waals surface area contributed by atoms with Crippen molar-refractivity contribution in [2.45, 2.75) is 63.6 Å². The van der Waals surface area contributed by atoms with Crippen LogP contribution in [0.3, 0.4) is 0 Å². The average molecular weight is 344 g/mol. The molecule has 6 heteroatoms. The molecule has 3 atom stereocenters. The maximum atomic E-state index is 12.7. The van der Waals surface area contributed by atoms with Crippen LogP contribution < -0.4 is 20.9 Å². The third-order valence-corrected chi connectivity index (χ3v) is 5.88. The minimum Gasteiger partial charge on any atom is -0.474 e.